The molecular formula is C17H15Cl2N3O2. The third-order valence-corrected chi connectivity index (χ3v) is 3.86. The molecule has 2 rings (SSSR count). The summed E-state index contributed by atoms with van der Waals surface area (Å²) in [7, 11) is 0. The van der Waals surface area contributed by atoms with E-state index in [4.69, 9.17) is 23.2 Å². The van der Waals surface area contributed by atoms with Gasteiger partial charge in [-0.15, -0.1) is 0 Å². The molecule has 0 aliphatic carbocycles. The smallest absolute Gasteiger partial charge is 0.249 e. The first-order valence-corrected chi connectivity index (χ1v) is 7.88. The van der Waals surface area contributed by atoms with Crippen LogP contribution in [0.4, 0.5) is 0 Å². The third-order valence-electron chi connectivity index (χ3n) is 3.03. The van der Waals surface area contributed by atoms with Crippen LogP contribution in [0.3, 0.4) is 0 Å². The molecule has 2 N–H and O–H groups in total. The highest BCUT2D eigenvalue weighted by Gasteiger charge is 2.08. The molecule has 124 valence electrons. The molecule has 0 fully saturated rings. The highest BCUT2D eigenvalue weighted by molar-refractivity contribution is 6.43. The number of halogens is 2. The molecule has 7 heteroatoms. The molecule has 2 aromatic rings. The fourth-order valence-corrected chi connectivity index (χ4v) is 2.19. The van der Waals surface area contributed by atoms with E-state index in [2.05, 4.69) is 15.8 Å². The van der Waals surface area contributed by atoms with Gasteiger partial charge in [-0.3, -0.25) is 9.59 Å². The summed E-state index contributed by atoms with van der Waals surface area (Å²) < 4.78 is 0. The van der Waals surface area contributed by atoms with Crippen molar-refractivity contribution in [1.29, 1.82) is 0 Å². The normalized spacial score (nSPS) is 10.6. The van der Waals surface area contributed by atoms with E-state index >= 15 is 0 Å². The highest BCUT2D eigenvalue weighted by Crippen LogP contribution is 2.23. The minimum Gasteiger partial charge on any atom is -0.352 e. The summed E-state index contributed by atoms with van der Waals surface area (Å²) in [6, 6.07) is 14.5. The van der Waals surface area contributed by atoms with E-state index in [1.54, 1.807) is 18.2 Å². The molecule has 0 aliphatic heterocycles. The SMILES string of the molecule is O=C(CC(=O)N/N=C\c1cccc(Cl)c1Cl)NCc1ccccc1. The molecule has 0 heterocycles. The second kappa shape index (κ2) is 9.05. The van der Waals surface area contributed by atoms with Crippen LogP contribution in [-0.4, -0.2) is 18.0 Å². The maximum Gasteiger partial charge on any atom is 0.249 e. The van der Waals surface area contributed by atoms with Crippen molar-refractivity contribution in [2.45, 2.75) is 13.0 Å². The first-order chi connectivity index (χ1) is 11.6. The van der Waals surface area contributed by atoms with Crippen molar-refractivity contribution >= 4 is 41.2 Å². The van der Waals surface area contributed by atoms with Crippen molar-refractivity contribution in [2.75, 3.05) is 0 Å². The molecule has 0 aliphatic rings. The fraction of sp³-hybridized carbons (Fsp3) is 0.118. The summed E-state index contributed by atoms with van der Waals surface area (Å²) in [6.45, 7) is 0.369. The molecule has 2 aromatic carbocycles. The summed E-state index contributed by atoms with van der Waals surface area (Å²) >= 11 is 11.9. The predicted molar refractivity (Wildman–Crippen MR) is 95.1 cm³/mol. The molecule has 0 saturated heterocycles. The van der Waals surface area contributed by atoms with Gasteiger partial charge in [0, 0.05) is 12.1 Å². The van der Waals surface area contributed by atoms with Crippen LogP contribution in [-0.2, 0) is 16.1 Å². The van der Waals surface area contributed by atoms with Gasteiger partial charge in [-0.25, -0.2) is 5.43 Å². The fourth-order valence-electron chi connectivity index (χ4n) is 1.84. The first kappa shape index (κ1) is 18.0. The summed E-state index contributed by atoms with van der Waals surface area (Å²) in [5.41, 5.74) is 3.80. The van der Waals surface area contributed by atoms with E-state index in [1.165, 1.54) is 6.21 Å². The van der Waals surface area contributed by atoms with Gasteiger partial charge in [-0.05, 0) is 11.6 Å². The minimum absolute atomic E-state index is 0.312. The van der Waals surface area contributed by atoms with Crippen LogP contribution < -0.4 is 10.7 Å². The lowest BCUT2D eigenvalue weighted by atomic mass is 10.2. The van der Waals surface area contributed by atoms with Crippen molar-refractivity contribution < 1.29 is 9.59 Å². The molecule has 0 bridgehead atoms. The Hall–Kier alpha value is -2.37. The summed E-state index contributed by atoms with van der Waals surface area (Å²) in [6.07, 6.45) is 1.06. The van der Waals surface area contributed by atoms with E-state index in [1.807, 2.05) is 30.3 Å². The van der Waals surface area contributed by atoms with Gasteiger partial charge >= 0.3 is 0 Å². The van der Waals surface area contributed by atoms with Crippen molar-refractivity contribution in [3.05, 3.63) is 69.7 Å². The van der Waals surface area contributed by atoms with Gasteiger partial charge in [-0.2, -0.15) is 5.10 Å². The number of hydrogen-bond acceptors (Lipinski definition) is 3. The number of benzene rings is 2. The lowest BCUT2D eigenvalue weighted by molar-refractivity contribution is -0.129. The maximum absolute atomic E-state index is 11.7. The molecule has 24 heavy (non-hydrogen) atoms. The van der Waals surface area contributed by atoms with Crippen LogP contribution >= 0.6 is 23.2 Å². The summed E-state index contributed by atoms with van der Waals surface area (Å²) in [4.78, 5) is 23.4. The van der Waals surface area contributed by atoms with E-state index in [9.17, 15) is 9.59 Å². The topological polar surface area (TPSA) is 70.6 Å². The predicted octanol–water partition coefficient (Wildman–Crippen LogP) is 3.15. The molecule has 0 aromatic heterocycles. The molecule has 5 nitrogen and oxygen atoms in total. The van der Waals surface area contributed by atoms with Crippen LogP contribution in [0.2, 0.25) is 10.0 Å². The van der Waals surface area contributed by atoms with E-state index in [0.717, 1.165) is 5.56 Å². The van der Waals surface area contributed by atoms with E-state index < -0.39 is 5.91 Å². The third kappa shape index (κ3) is 5.68. The molecule has 0 atom stereocenters. The average molecular weight is 364 g/mol. The van der Waals surface area contributed by atoms with Gasteiger partial charge < -0.3 is 5.32 Å². The van der Waals surface area contributed by atoms with Crippen molar-refractivity contribution in [3.63, 3.8) is 0 Å². The standard InChI is InChI=1S/C17H15Cl2N3O2/c18-14-8-4-7-13(17(14)19)11-21-22-16(24)9-15(23)20-10-12-5-2-1-3-6-12/h1-8,11H,9-10H2,(H,20,23)(H,22,24)/b21-11-. The van der Waals surface area contributed by atoms with Gasteiger partial charge in [0.1, 0.15) is 6.42 Å². The Morgan fingerprint density at radius 2 is 1.75 bits per heavy atom. The second-order valence-corrected chi connectivity index (χ2v) is 5.66. The zero-order chi connectivity index (χ0) is 17.4. The minimum atomic E-state index is -0.519. The maximum atomic E-state index is 11.7. The molecule has 2 amide bonds. The number of hydrogen-bond donors (Lipinski definition) is 2. The zero-order valence-electron chi connectivity index (χ0n) is 12.6. The van der Waals surface area contributed by atoms with Crippen LogP contribution in [0, 0.1) is 0 Å². The Balaban J connectivity index is 1.77. The Labute approximate surface area is 149 Å². The number of amides is 2. The van der Waals surface area contributed by atoms with E-state index in [-0.39, 0.29) is 12.3 Å². The van der Waals surface area contributed by atoms with Crippen molar-refractivity contribution in [1.82, 2.24) is 10.7 Å². The lowest BCUT2D eigenvalue weighted by Crippen LogP contribution is -2.29. The van der Waals surface area contributed by atoms with E-state index in [0.29, 0.717) is 22.2 Å². The molecule has 0 saturated carbocycles. The Kier molecular flexibility index (Phi) is 6.78. The average Bonchev–Trinajstić information content (AvgIpc) is 2.58. The Morgan fingerprint density at radius 1 is 1.00 bits per heavy atom. The number of nitrogens with zero attached hydrogens (tertiary/aromatic N) is 1. The van der Waals surface area contributed by atoms with Crippen LogP contribution in [0.1, 0.15) is 17.5 Å². The van der Waals surface area contributed by atoms with Gasteiger partial charge in [0.25, 0.3) is 0 Å². The number of nitrogens with one attached hydrogen (secondary N) is 2. The molecule has 0 unspecified atom stereocenters. The molecule has 0 spiro atoms. The largest absolute Gasteiger partial charge is 0.352 e. The zero-order valence-corrected chi connectivity index (χ0v) is 14.1. The monoisotopic (exact) mass is 363 g/mol. The van der Waals surface area contributed by atoms with Gasteiger partial charge in [0.2, 0.25) is 11.8 Å². The summed E-state index contributed by atoms with van der Waals surface area (Å²) in [5.74, 6) is -0.901. The molecule has 0 radical (unpaired) electrons. The first-order valence-electron chi connectivity index (χ1n) is 7.13. The van der Waals surface area contributed by atoms with Crippen LogP contribution in [0.25, 0.3) is 0 Å². The number of carbonyl (C=O) groups is 2. The lowest BCUT2D eigenvalue weighted by Gasteiger charge is -2.04. The number of carbonyl (C=O) groups excluding carboxylic acids is 2. The Morgan fingerprint density at radius 3 is 2.50 bits per heavy atom. The second-order valence-electron chi connectivity index (χ2n) is 4.88. The molecular weight excluding hydrogens is 349 g/mol. The van der Waals surface area contributed by atoms with Crippen molar-refractivity contribution in [3.8, 4) is 0 Å². The van der Waals surface area contributed by atoms with Gasteiger partial charge in [0.05, 0.1) is 16.3 Å². The van der Waals surface area contributed by atoms with Crippen LogP contribution in [0.5, 0.6) is 0 Å². The van der Waals surface area contributed by atoms with Crippen LogP contribution in [0.15, 0.2) is 53.6 Å². The number of hydrazone groups is 1. The quantitative estimate of drug-likeness (QED) is 0.470. The highest BCUT2D eigenvalue weighted by atomic mass is 35.5. The van der Waals surface area contributed by atoms with Gasteiger partial charge in [0.15, 0.2) is 0 Å². The summed E-state index contributed by atoms with van der Waals surface area (Å²) in [5, 5.41) is 7.17. The van der Waals surface area contributed by atoms with Gasteiger partial charge in [-0.1, -0.05) is 65.7 Å². The van der Waals surface area contributed by atoms with Crippen molar-refractivity contribution in [2.24, 2.45) is 5.10 Å². The Bertz CT molecular complexity index is 749. The number of rotatable bonds is 6.